The molecule has 0 unspecified atom stereocenters. The Labute approximate surface area is 126 Å². The summed E-state index contributed by atoms with van der Waals surface area (Å²) in [5.41, 5.74) is 0. The third-order valence-electron chi connectivity index (χ3n) is 2.33. The monoisotopic (exact) mass is 352 g/mol. The van der Waals surface area contributed by atoms with Crippen molar-refractivity contribution in [3.63, 3.8) is 0 Å². The number of benzene rings is 2. The Morgan fingerprint density at radius 3 is 1.75 bits per heavy atom. The maximum atomic E-state index is 12.8. The molecule has 0 fully saturated rings. The molecule has 0 aliphatic carbocycles. The first-order chi connectivity index (χ1) is 9.72. The van der Waals surface area contributed by atoms with Crippen LogP contribution in [0.1, 0.15) is 0 Å². The predicted octanol–water partition coefficient (Wildman–Crippen LogP) is 5.25. The highest BCUT2D eigenvalue weighted by Gasteiger charge is 2.24. The van der Waals surface area contributed by atoms with E-state index in [1.165, 1.54) is 5.82 Å². The zero-order valence-electron chi connectivity index (χ0n) is 10.7. The second kappa shape index (κ2) is 7.32. The Morgan fingerprint density at radius 2 is 1.35 bits per heavy atom. The molecule has 3 nitrogen and oxygen atoms in total. The zero-order chi connectivity index (χ0) is 14.3. The maximum absolute atomic E-state index is 12.8. The SMILES string of the molecule is O=P(C=CCBr)(Oc1ccccc1)Oc1ccccc1. The van der Waals surface area contributed by atoms with Gasteiger partial charge in [-0.15, -0.1) is 0 Å². The fraction of sp³-hybridized carbons (Fsp3) is 0.0667. The molecule has 2 aromatic rings. The van der Waals surface area contributed by atoms with Gasteiger partial charge in [0, 0.05) is 11.1 Å². The van der Waals surface area contributed by atoms with Gasteiger partial charge in [0.2, 0.25) is 0 Å². The molecule has 0 aliphatic rings. The Morgan fingerprint density at radius 1 is 0.900 bits per heavy atom. The van der Waals surface area contributed by atoms with E-state index in [0.717, 1.165) is 0 Å². The van der Waals surface area contributed by atoms with E-state index in [1.807, 2.05) is 36.4 Å². The van der Waals surface area contributed by atoms with Crippen LogP contribution in [0.2, 0.25) is 0 Å². The van der Waals surface area contributed by atoms with Crippen molar-refractivity contribution in [1.29, 1.82) is 0 Å². The summed E-state index contributed by atoms with van der Waals surface area (Å²) in [6, 6.07) is 18.0. The van der Waals surface area contributed by atoms with E-state index in [2.05, 4.69) is 15.9 Å². The summed E-state index contributed by atoms with van der Waals surface area (Å²) in [4.78, 5) is 0. The van der Waals surface area contributed by atoms with Gasteiger partial charge >= 0.3 is 7.60 Å². The molecule has 0 amide bonds. The molecule has 104 valence electrons. The minimum absolute atomic E-state index is 0.506. The van der Waals surface area contributed by atoms with E-state index < -0.39 is 7.60 Å². The lowest BCUT2D eigenvalue weighted by molar-refractivity contribution is 0.398. The summed E-state index contributed by atoms with van der Waals surface area (Å²) in [5, 5.41) is 0.577. The molecule has 0 saturated heterocycles. The molecular weight excluding hydrogens is 339 g/mol. The third kappa shape index (κ3) is 4.55. The van der Waals surface area contributed by atoms with Crippen LogP contribution in [0, 0.1) is 0 Å². The van der Waals surface area contributed by atoms with Crippen LogP contribution in [-0.2, 0) is 4.57 Å². The number of halogens is 1. The molecular formula is C15H14BrO3P. The van der Waals surface area contributed by atoms with Crippen LogP contribution in [0.3, 0.4) is 0 Å². The van der Waals surface area contributed by atoms with E-state index in [9.17, 15) is 4.57 Å². The van der Waals surface area contributed by atoms with Crippen LogP contribution in [0.25, 0.3) is 0 Å². The van der Waals surface area contributed by atoms with Crippen LogP contribution < -0.4 is 9.05 Å². The van der Waals surface area contributed by atoms with Gasteiger partial charge in [0.25, 0.3) is 0 Å². The Hall–Kier alpha value is -1.51. The minimum atomic E-state index is -3.39. The molecule has 0 radical (unpaired) electrons. The Kier molecular flexibility index (Phi) is 5.45. The van der Waals surface area contributed by atoms with Gasteiger partial charge in [-0.3, -0.25) is 0 Å². The van der Waals surface area contributed by atoms with Crippen LogP contribution in [0.4, 0.5) is 0 Å². The summed E-state index contributed by atoms with van der Waals surface area (Å²) in [5.74, 6) is 2.47. The van der Waals surface area contributed by atoms with Gasteiger partial charge in [-0.25, -0.2) is 4.57 Å². The Bertz CT molecular complexity index is 554. The largest absolute Gasteiger partial charge is 0.455 e. The first-order valence-electron chi connectivity index (χ1n) is 6.04. The molecule has 2 aromatic carbocycles. The quantitative estimate of drug-likeness (QED) is 0.526. The molecule has 0 heterocycles. The highest BCUT2D eigenvalue weighted by molar-refractivity contribution is 9.09. The van der Waals surface area contributed by atoms with Crippen molar-refractivity contribution in [2.24, 2.45) is 0 Å². The normalized spacial score (nSPS) is 11.4. The van der Waals surface area contributed by atoms with Crippen LogP contribution >= 0.6 is 23.5 Å². The smallest absolute Gasteiger partial charge is 0.413 e. The van der Waals surface area contributed by atoms with Crippen molar-refractivity contribution < 1.29 is 13.6 Å². The van der Waals surface area contributed by atoms with Gasteiger partial charge in [0.1, 0.15) is 11.5 Å². The molecule has 0 aliphatic heterocycles. The van der Waals surface area contributed by atoms with Gasteiger partial charge in [0.15, 0.2) is 0 Å². The molecule has 5 heteroatoms. The van der Waals surface area contributed by atoms with E-state index in [-0.39, 0.29) is 0 Å². The summed E-state index contributed by atoms with van der Waals surface area (Å²) in [6.45, 7) is 0. The summed E-state index contributed by atoms with van der Waals surface area (Å²) in [6.07, 6.45) is 1.70. The minimum Gasteiger partial charge on any atom is -0.413 e. The van der Waals surface area contributed by atoms with Gasteiger partial charge in [-0.05, 0) is 24.3 Å². The number of rotatable bonds is 6. The second-order valence-corrected chi connectivity index (χ2v) is 6.28. The fourth-order valence-electron chi connectivity index (χ4n) is 1.50. The highest BCUT2D eigenvalue weighted by Crippen LogP contribution is 2.49. The lowest BCUT2D eigenvalue weighted by Crippen LogP contribution is -1.98. The maximum Gasteiger partial charge on any atom is 0.455 e. The van der Waals surface area contributed by atoms with Crippen molar-refractivity contribution in [3.05, 3.63) is 72.6 Å². The lowest BCUT2D eigenvalue weighted by atomic mass is 10.3. The number of hydrogen-bond acceptors (Lipinski definition) is 3. The van der Waals surface area contributed by atoms with Crippen molar-refractivity contribution in [3.8, 4) is 11.5 Å². The summed E-state index contributed by atoms with van der Waals surface area (Å²) < 4.78 is 23.8. The summed E-state index contributed by atoms with van der Waals surface area (Å²) in [7, 11) is -3.39. The molecule has 0 N–H and O–H groups in total. The van der Waals surface area contributed by atoms with Crippen molar-refractivity contribution >= 4 is 23.5 Å². The van der Waals surface area contributed by atoms with Gasteiger partial charge in [-0.2, -0.15) is 0 Å². The number of allylic oxidation sites excluding steroid dienone is 1. The van der Waals surface area contributed by atoms with E-state index in [1.54, 1.807) is 30.3 Å². The van der Waals surface area contributed by atoms with Gasteiger partial charge in [0.05, 0.1) is 0 Å². The molecule has 20 heavy (non-hydrogen) atoms. The van der Waals surface area contributed by atoms with Gasteiger partial charge < -0.3 is 9.05 Å². The predicted molar refractivity (Wildman–Crippen MR) is 84.7 cm³/mol. The number of hydrogen-bond donors (Lipinski definition) is 0. The van der Waals surface area contributed by atoms with Crippen molar-refractivity contribution in [2.75, 3.05) is 5.33 Å². The standard InChI is InChI=1S/C15H14BrO3P/c16-12-7-13-20(17,18-14-8-3-1-4-9-14)19-15-10-5-2-6-11-15/h1-11,13H,12H2. The van der Waals surface area contributed by atoms with Gasteiger partial charge in [-0.1, -0.05) is 58.4 Å². The molecule has 0 spiro atoms. The molecule has 2 rings (SSSR count). The zero-order valence-corrected chi connectivity index (χ0v) is 13.2. The molecule has 0 saturated carbocycles. The number of para-hydroxylation sites is 2. The Balaban J connectivity index is 2.21. The number of alkyl halides is 1. The fourth-order valence-corrected chi connectivity index (χ4v) is 3.33. The molecule has 0 aromatic heterocycles. The van der Waals surface area contributed by atoms with E-state index in [4.69, 9.17) is 9.05 Å². The topological polar surface area (TPSA) is 35.5 Å². The molecule has 0 atom stereocenters. The first-order valence-corrected chi connectivity index (χ1v) is 8.78. The van der Waals surface area contributed by atoms with E-state index in [0.29, 0.717) is 16.8 Å². The highest BCUT2D eigenvalue weighted by atomic mass is 79.9. The average molecular weight is 353 g/mol. The average Bonchev–Trinajstić information content (AvgIpc) is 2.47. The van der Waals surface area contributed by atoms with Crippen LogP contribution in [-0.4, -0.2) is 5.33 Å². The summed E-state index contributed by atoms with van der Waals surface area (Å²) >= 11 is 3.25. The second-order valence-electron chi connectivity index (χ2n) is 3.89. The van der Waals surface area contributed by atoms with E-state index >= 15 is 0 Å². The van der Waals surface area contributed by atoms with Crippen molar-refractivity contribution in [1.82, 2.24) is 0 Å². The first kappa shape index (κ1) is 14.9. The van der Waals surface area contributed by atoms with Crippen molar-refractivity contribution in [2.45, 2.75) is 0 Å². The lowest BCUT2D eigenvalue weighted by Gasteiger charge is -2.16. The van der Waals surface area contributed by atoms with Crippen LogP contribution in [0.5, 0.6) is 11.5 Å². The third-order valence-corrected chi connectivity index (χ3v) is 4.21. The molecule has 0 bridgehead atoms. The van der Waals surface area contributed by atoms with Crippen LogP contribution in [0.15, 0.2) is 72.6 Å².